The molecule has 0 aliphatic carbocycles. The maximum atomic E-state index is 12.7. The second-order valence-corrected chi connectivity index (χ2v) is 7.93. The minimum atomic E-state index is -0.228. The van der Waals surface area contributed by atoms with Gasteiger partial charge in [0.05, 0.1) is 26.6 Å². The zero-order valence-electron chi connectivity index (χ0n) is 20.4. The first-order chi connectivity index (χ1) is 17.0. The van der Waals surface area contributed by atoms with Crippen molar-refractivity contribution in [3.63, 3.8) is 0 Å². The van der Waals surface area contributed by atoms with E-state index in [1.165, 1.54) is 0 Å². The first-order valence-electron chi connectivity index (χ1n) is 11.6. The summed E-state index contributed by atoms with van der Waals surface area (Å²) in [6, 6.07) is 19.0. The fourth-order valence-corrected chi connectivity index (χ4v) is 3.89. The topological polar surface area (TPSA) is 69.9 Å². The summed E-state index contributed by atoms with van der Waals surface area (Å²) < 4.78 is 22.5. The van der Waals surface area contributed by atoms with Gasteiger partial charge in [-0.15, -0.1) is 0 Å². The number of ether oxygens (including phenoxy) is 3. The van der Waals surface area contributed by atoms with Crippen molar-refractivity contribution >= 4 is 28.1 Å². The van der Waals surface area contributed by atoms with Crippen molar-refractivity contribution in [2.75, 3.05) is 25.6 Å². The molecule has 0 aliphatic rings. The van der Waals surface area contributed by atoms with Crippen LogP contribution in [0.3, 0.4) is 0 Å². The van der Waals surface area contributed by atoms with Crippen molar-refractivity contribution in [2.24, 2.45) is 0 Å². The summed E-state index contributed by atoms with van der Waals surface area (Å²) in [6.45, 7) is 6.90. The van der Waals surface area contributed by atoms with Crippen molar-refractivity contribution in [1.82, 2.24) is 0 Å². The van der Waals surface area contributed by atoms with Crippen LogP contribution in [0.5, 0.6) is 17.2 Å². The van der Waals surface area contributed by atoms with Crippen LogP contribution in [0, 0.1) is 0 Å². The number of hydrogen-bond donors (Lipinski definition) is 1. The Morgan fingerprint density at radius 3 is 2.29 bits per heavy atom. The molecule has 1 heterocycles. The number of hydrogen-bond acceptors (Lipinski definition) is 5. The molecule has 0 saturated carbocycles. The molecule has 6 heteroatoms. The largest absolute Gasteiger partial charge is 0.497 e. The molecule has 35 heavy (non-hydrogen) atoms. The Labute approximate surface area is 205 Å². The van der Waals surface area contributed by atoms with Crippen LogP contribution in [0.2, 0.25) is 0 Å². The van der Waals surface area contributed by atoms with Gasteiger partial charge < -0.3 is 23.9 Å². The van der Waals surface area contributed by atoms with Crippen LogP contribution in [0.15, 0.2) is 77.4 Å². The summed E-state index contributed by atoms with van der Waals surface area (Å²) >= 11 is 0. The van der Waals surface area contributed by atoms with Crippen molar-refractivity contribution in [2.45, 2.75) is 20.8 Å². The molecule has 0 atom stereocenters. The van der Waals surface area contributed by atoms with Gasteiger partial charge >= 0.3 is 0 Å². The highest BCUT2D eigenvalue weighted by atomic mass is 16.5. The number of benzene rings is 3. The van der Waals surface area contributed by atoms with E-state index in [-0.39, 0.29) is 5.91 Å². The van der Waals surface area contributed by atoms with Gasteiger partial charge in [-0.05, 0) is 74.4 Å². The summed E-state index contributed by atoms with van der Waals surface area (Å²) in [7, 11) is 1.60. The van der Waals surface area contributed by atoms with Gasteiger partial charge in [0.15, 0.2) is 0 Å². The molecular weight excluding hydrogens is 442 g/mol. The molecule has 0 bridgehead atoms. The van der Waals surface area contributed by atoms with Crippen molar-refractivity contribution in [1.29, 1.82) is 0 Å². The minimum Gasteiger partial charge on any atom is -0.497 e. The lowest BCUT2D eigenvalue weighted by molar-refractivity contribution is -0.111. The van der Waals surface area contributed by atoms with E-state index < -0.39 is 0 Å². The summed E-state index contributed by atoms with van der Waals surface area (Å²) in [5.74, 6) is 1.99. The predicted molar refractivity (Wildman–Crippen MR) is 139 cm³/mol. The van der Waals surface area contributed by atoms with Gasteiger partial charge in [0.1, 0.15) is 22.8 Å². The summed E-state index contributed by atoms with van der Waals surface area (Å²) in [6.07, 6.45) is 3.32. The molecule has 6 nitrogen and oxygen atoms in total. The van der Waals surface area contributed by atoms with E-state index in [0.717, 1.165) is 44.7 Å². The minimum absolute atomic E-state index is 0.228. The van der Waals surface area contributed by atoms with Crippen LogP contribution in [0.1, 0.15) is 26.3 Å². The van der Waals surface area contributed by atoms with Crippen molar-refractivity contribution in [3.05, 3.63) is 78.6 Å². The Morgan fingerprint density at radius 1 is 0.943 bits per heavy atom. The Kier molecular flexibility index (Phi) is 7.41. The van der Waals surface area contributed by atoms with Gasteiger partial charge in [0.2, 0.25) is 5.91 Å². The lowest BCUT2D eigenvalue weighted by Gasteiger charge is -2.12. The third-order valence-corrected chi connectivity index (χ3v) is 5.58. The predicted octanol–water partition coefficient (Wildman–Crippen LogP) is 6.95. The molecule has 1 aromatic heterocycles. The Morgan fingerprint density at radius 2 is 1.63 bits per heavy atom. The maximum Gasteiger partial charge on any atom is 0.248 e. The Hall–Kier alpha value is -4.19. The van der Waals surface area contributed by atoms with Gasteiger partial charge in [0, 0.05) is 34.3 Å². The number of allylic oxidation sites excluding steroid dienone is 1. The highest BCUT2D eigenvalue weighted by Gasteiger charge is 2.15. The van der Waals surface area contributed by atoms with Gasteiger partial charge in [-0.1, -0.05) is 12.1 Å². The lowest BCUT2D eigenvalue weighted by Crippen LogP contribution is -2.08. The zero-order valence-corrected chi connectivity index (χ0v) is 20.4. The van der Waals surface area contributed by atoms with E-state index in [1.54, 1.807) is 43.7 Å². The molecule has 0 spiro atoms. The number of methoxy groups -OCH3 is 1. The first-order valence-corrected chi connectivity index (χ1v) is 11.6. The smallest absolute Gasteiger partial charge is 0.248 e. The number of rotatable bonds is 9. The summed E-state index contributed by atoms with van der Waals surface area (Å²) in [4.78, 5) is 12.7. The standard InChI is InChI=1S/C29H29NO5/c1-5-33-23-11-7-20(8-12-23)26-18-35-28-17-27(34-6-2)24(16-25(26)28)19(3)15-29(31)30-21-9-13-22(32-4)14-10-21/h7-18H,5-6H2,1-4H3,(H,30,31)/b19-15+. The summed E-state index contributed by atoms with van der Waals surface area (Å²) in [5, 5.41) is 3.83. The van der Waals surface area contributed by atoms with E-state index in [1.807, 2.05) is 57.2 Å². The third kappa shape index (κ3) is 5.49. The average Bonchev–Trinajstić information content (AvgIpc) is 3.27. The Bertz CT molecular complexity index is 1330. The molecule has 1 amide bonds. The van der Waals surface area contributed by atoms with Crippen LogP contribution in [0.25, 0.3) is 27.7 Å². The SMILES string of the molecule is CCOc1ccc(-c2coc3cc(OCC)c(/C(C)=C/C(=O)Nc4ccc(OC)cc4)cc23)cc1. The van der Waals surface area contributed by atoms with Crippen LogP contribution in [0.4, 0.5) is 5.69 Å². The fourth-order valence-electron chi connectivity index (χ4n) is 3.89. The van der Waals surface area contributed by atoms with Gasteiger partial charge in [0.25, 0.3) is 0 Å². The van der Waals surface area contributed by atoms with Crippen LogP contribution in [-0.4, -0.2) is 26.2 Å². The van der Waals surface area contributed by atoms with E-state index >= 15 is 0 Å². The fraction of sp³-hybridized carbons (Fsp3) is 0.207. The second kappa shape index (κ2) is 10.8. The summed E-state index contributed by atoms with van der Waals surface area (Å²) in [5.41, 5.74) is 4.99. The molecule has 4 rings (SSSR count). The highest BCUT2D eigenvalue weighted by molar-refractivity contribution is 6.05. The molecule has 180 valence electrons. The molecule has 0 saturated heterocycles. The number of fused-ring (bicyclic) bond motifs is 1. The van der Waals surface area contributed by atoms with Crippen LogP contribution in [-0.2, 0) is 4.79 Å². The quantitative estimate of drug-likeness (QED) is 0.268. The number of carbonyl (C=O) groups excluding carboxylic acids is 1. The number of furan rings is 1. The van der Waals surface area contributed by atoms with E-state index in [9.17, 15) is 4.79 Å². The number of carbonyl (C=O) groups is 1. The molecule has 0 radical (unpaired) electrons. The van der Waals surface area contributed by atoms with Gasteiger partial charge in [-0.25, -0.2) is 0 Å². The van der Waals surface area contributed by atoms with Crippen molar-refractivity contribution in [3.8, 4) is 28.4 Å². The van der Waals surface area contributed by atoms with Crippen LogP contribution < -0.4 is 19.5 Å². The second-order valence-electron chi connectivity index (χ2n) is 7.93. The molecule has 0 aliphatic heterocycles. The van der Waals surface area contributed by atoms with Crippen molar-refractivity contribution < 1.29 is 23.4 Å². The third-order valence-electron chi connectivity index (χ3n) is 5.58. The lowest BCUT2D eigenvalue weighted by atomic mass is 9.99. The molecule has 4 aromatic rings. The normalized spacial score (nSPS) is 11.4. The highest BCUT2D eigenvalue weighted by Crippen LogP contribution is 2.38. The molecular formula is C29H29NO5. The van der Waals surface area contributed by atoms with E-state index in [2.05, 4.69) is 5.32 Å². The zero-order chi connectivity index (χ0) is 24.8. The van der Waals surface area contributed by atoms with Gasteiger partial charge in [-0.3, -0.25) is 4.79 Å². The molecule has 0 fully saturated rings. The molecule has 1 N–H and O–H groups in total. The van der Waals surface area contributed by atoms with Gasteiger partial charge in [-0.2, -0.15) is 0 Å². The number of nitrogens with one attached hydrogen (secondary N) is 1. The average molecular weight is 472 g/mol. The monoisotopic (exact) mass is 471 g/mol. The number of amides is 1. The Balaban J connectivity index is 1.66. The maximum absolute atomic E-state index is 12.7. The molecule has 0 unspecified atom stereocenters. The number of anilines is 1. The van der Waals surface area contributed by atoms with E-state index in [0.29, 0.717) is 24.7 Å². The first kappa shape index (κ1) is 24.0. The van der Waals surface area contributed by atoms with Crippen LogP contribution >= 0.6 is 0 Å². The van der Waals surface area contributed by atoms with E-state index in [4.69, 9.17) is 18.6 Å². The molecule has 3 aromatic carbocycles.